The lowest BCUT2D eigenvalue weighted by Crippen LogP contribution is -2.26. The predicted molar refractivity (Wildman–Crippen MR) is 104 cm³/mol. The van der Waals surface area contributed by atoms with Gasteiger partial charge in [0.1, 0.15) is 6.10 Å². The van der Waals surface area contributed by atoms with E-state index >= 15 is 0 Å². The number of carbonyl (C=O) groups is 1. The fourth-order valence-corrected chi connectivity index (χ4v) is 2.90. The molecule has 33 heavy (non-hydrogen) atoms. The van der Waals surface area contributed by atoms with Crippen molar-refractivity contribution in [2.24, 2.45) is 10.7 Å². The third kappa shape index (κ3) is 4.81. The normalized spacial score (nSPS) is 17.2. The maximum Gasteiger partial charge on any atom is 0.471 e. The van der Waals surface area contributed by atoms with Crippen LogP contribution in [0.1, 0.15) is 11.7 Å². The molecule has 0 spiro atoms. The number of cyclic esters (lactones) is 1. The van der Waals surface area contributed by atoms with Gasteiger partial charge in [0, 0.05) is 18.6 Å². The average Bonchev–Trinajstić information content (AvgIpc) is 3.51. The first-order chi connectivity index (χ1) is 15.7. The highest BCUT2D eigenvalue weighted by atomic mass is 19.4. The molecule has 1 aliphatic heterocycles. The first-order valence-electron chi connectivity index (χ1n) is 9.23. The van der Waals surface area contributed by atoms with Gasteiger partial charge < -0.3 is 15.0 Å². The number of rotatable bonds is 6. The van der Waals surface area contributed by atoms with Crippen LogP contribution in [0.5, 0.6) is 0 Å². The number of benzene rings is 1. The minimum absolute atomic E-state index is 0.128. The molecule has 3 heterocycles. The summed E-state index contributed by atoms with van der Waals surface area (Å²) in [5, 5.41) is 10.7. The van der Waals surface area contributed by atoms with Crippen LogP contribution in [0.4, 0.5) is 33.7 Å². The molecule has 2 aromatic heterocycles. The van der Waals surface area contributed by atoms with Gasteiger partial charge in [-0.2, -0.15) is 18.2 Å². The monoisotopic (exact) mass is 466 g/mol. The van der Waals surface area contributed by atoms with Crippen LogP contribution < -0.4 is 10.6 Å². The fraction of sp³-hybridized carbons (Fsp3) is 0.222. The number of allylic oxidation sites excluding steroid dienone is 1. The van der Waals surface area contributed by atoms with E-state index in [1.54, 1.807) is 6.20 Å². The summed E-state index contributed by atoms with van der Waals surface area (Å²) in [5.74, 6) is -2.82. The Morgan fingerprint density at radius 2 is 2.18 bits per heavy atom. The van der Waals surface area contributed by atoms with Gasteiger partial charge in [0.15, 0.2) is 5.82 Å². The van der Waals surface area contributed by atoms with Gasteiger partial charge in [-0.3, -0.25) is 9.89 Å². The largest absolute Gasteiger partial charge is 0.471 e. The van der Waals surface area contributed by atoms with E-state index in [0.29, 0.717) is 0 Å². The Labute approximate surface area is 182 Å². The topological polar surface area (TPSA) is 138 Å². The van der Waals surface area contributed by atoms with Crippen LogP contribution in [0.2, 0.25) is 0 Å². The van der Waals surface area contributed by atoms with Crippen LogP contribution in [-0.2, 0) is 17.5 Å². The minimum Gasteiger partial charge on any atom is -0.442 e. The second-order valence-corrected chi connectivity index (χ2v) is 6.68. The molecule has 3 aromatic rings. The standard InChI is InChI=1S/C18H14F4N8O3/c19-13-5-11(30-9-12(32-17(30)31)8-29-4-3-25-28-29)1-2-14(13)24-7-10(6-23)15-26-16(33-27-15)18(20,21)22/h1-7,12H,8-9,23H2/b10-6+,24-7?. The van der Waals surface area contributed by atoms with Crippen LogP contribution in [-0.4, -0.2) is 50.1 Å². The number of anilines is 1. The molecular formula is C18H14F4N8O3. The summed E-state index contributed by atoms with van der Waals surface area (Å²) in [6.45, 7) is 0.452. The van der Waals surface area contributed by atoms with Crippen LogP contribution in [0.15, 0.2) is 46.3 Å². The Morgan fingerprint density at radius 1 is 1.36 bits per heavy atom. The van der Waals surface area contributed by atoms with E-state index in [1.807, 2.05) is 0 Å². The number of alkyl halides is 3. The maximum absolute atomic E-state index is 14.6. The molecule has 4 rings (SSSR count). The Morgan fingerprint density at radius 3 is 2.82 bits per heavy atom. The molecule has 2 N–H and O–H groups in total. The smallest absolute Gasteiger partial charge is 0.442 e. The third-order valence-corrected chi connectivity index (χ3v) is 4.43. The second-order valence-electron chi connectivity index (χ2n) is 6.68. The third-order valence-electron chi connectivity index (χ3n) is 4.43. The van der Waals surface area contributed by atoms with Gasteiger partial charge in [-0.1, -0.05) is 10.4 Å². The highest BCUT2D eigenvalue weighted by Gasteiger charge is 2.38. The van der Waals surface area contributed by atoms with Crippen molar-refractivity contribution >= 4 is 29.3 Å². The van der Waals surface area contributed by atoms with Gasteiger partial charge >= 0.3 is 18.2 Å². The number of aromatic nitrogens is 5. The van der Waals surface area contributed by atoms with E-state index in [-0.39, 0.29) is 30.0 Å². The Hall–Kier alpha value is -4.30. The SMILES string of the molecule is N/C=C(\C=Nc1ccc(N2CC(Cn3ccnn3)OC2=O)cc1F)c1noc(C(F)(F)F)n1. The molecule has 1 aliphatic rings. The van der Waals surface area contributed by atoms with E-state index in [1.165, 1.54) is 27.9 Å². The van der Waals surface area contributed by atoms with Gasteiger partial charge in [0.2, 0.25) is 5.82 Å². The van der Waals surface area contributed by atoms with Crippen LogP contribution in [0.3, 0.4) is 0 Å². The lowest BCUT2D eigenvalue weighted by molar-refractivity contribution is -0.159. The second kappa shape index (κ2) is 8.68. The van der Waals surface area contributed by atoms with Gasteiger partial charge in [-0.25, -0.2) is 13.9 Å². The number of nitrogens with two attached hydrogens (primary N) is 1. The van der Waals surface area contributed by atoms with E-state index in [4.69, 9.17) is 10.5 Å². The number of aliphatic imine (C=N–C) groups is 1. The summed E-state index contributed by atoms with van der Waals surface area (Å²) in [6, 6.07) is 3.80. The van der Waals surface area contributed by atoms with Crippen molar-refractivity contribution in [3.63, 3.8) is 0 Å². The molecule has 0 aliphatic carbocycles. The first-order valence-corrected chi connectivity index (χ1v) is 9.23. The summed E-state index contributed by atoms with van der Waals surface area (Å²) < 4.78 is 63.3. The molecule has 1 saturated heterocycles. The number of hydrogen-bond acceptors (Lipinski definition) is 9. The maximum atomic E-state index is 14.6. The summed E-state index contributed by atoms with van der Waals surface area (Å²) in [6.07, 6.45) is -0.990. The van der Waals surface area contributed by atoms with Gasteiger partial charge in [0.05, 0.1) is 36.2 Å². The first kappa shape index (κ1) is 21.9. The lowest BCUT2D eigenvalue weighted by Gasteiger charge is -2.13. The molecule has 172 valence electrons. The number of nitrogens with zero attached hydrogens (tertiary/aromatic N) is 7. The van der Waals surface area contributed by atoms with Crippen molar-refractivity contribution in [1.29, 1.82) is 0 Å². The summed E-state index contributed by atoms with van der Waals surface area (Å²) in [7, 11) is 0. The van der Waals surface area contributed by atoms with E-state index < -0.39 is 35.9 Å². The summed E-state index contributed by atoms with van der Waals surface area (Å²) in [5.41, 5.74) is 5.34. The van der Waals surface area contributed by atoms with Crippen molar-refractivity contribution in [3.8, 4) is 0 Å². The molecule has 1 amide bonds. The number of ether oxygens (including phenoxy) is 1. The Bertz CT molecular complexity index is 1210. The van der Waals surface area contributed by atoms with Gasteiger partial charge in [-0.05, 0) is 18.2 Å². The minimum atomic E-state index is -4.82. The van der Waals surface area contributed by atoms with Crippen molar-refractivity contribution in [2.75, 3.05) is 11.4 Å². The van der Waals surface area contributed by atoms with E-state index in [9.17, 15) is 22.4 Å². The van der Waals surface area contributed by atoms with Crippen molar-refractivity contribution in [3.05, 3.63) is 54.3 Å². The van der Waals surface area contributed by atoms with E-state index in [2.05, 4.69) is 30.0 Å². The molecule has 1 atom stereocenters. The van der Waals surface area contributed by atoms with Crippen LogP contribution in [0, 0.1) is 5.82 Å². The number of halogens is 4. The van der Waals surface area contributed by atoms with Gasteiger partial charge in [0.25, 0.3) is 0 Å². The highest BCUT2D eigenvalue weighted by molar-refractivity contribution is 6.08. The molecular weight excluding hydrogens is 452 g/mol. The Kier molecular flexibility index (Phi) is 5.76. The summed E-state index contributed by atoms with van der Waals surface area (Å²) in [4.78, 5) is 20.5. The molecule has 15 heteroatoms. The molecule has 0 saturated carbocycles. The fourth-order valence-electron chi connectivity index (χ4n) is 2.90. The average molecular weight is 466 g/mol. The summed E-state index contributed by atoms with van der Waals surface area (Å²) >= 11 is 0. The molecule has 1 fully saturated rings. The Balaban J connectivity index is 1.46. The zero-order valence-corrected chi connectivity index (χ0v) is 16.5. The molecule has 11 nitrogen and oxygen atoms in total. The molecule has 1 aromatic carbocycles. The molecule has 0 radical (unpaired) electrons. The van der Waals surface area contributed by atoms with Crippen LogP contribution in [0.25, 0.3) is 5.57 Å². The number of hydrogen-bond donors (Lipinski definition) is 1. The zero-order chi connectivity index (χ0) is 23.6. The predicted octanol–water partition coefficient (Wildman–Crippen LogP) is 2.55. The zero-order valence-electron chi connectivity index (χ0n) is 16.5. The quantitative estimate of drug-likeness (QED) is 0.432. The van der Waals surface area contributed by atoms with Crippen molar-refractivity contribution in [1.82, 2.24) is 25.1 Å². The lowest BCUT2D eigenvalue weighted by atomic mass is 10.2. The van der Waals surface area contributed by atoms with Gasteiger partial charge in [-0.15, -0.1) is 5.10 Å². The van der Waals surface area contributed by atoms with Crippen molar-refractivity contribution in [2.45, 2.75) is 18.8 Å². The van der Waals surface area contributed by atoms with Crippen molar-refractivity contribution < 1.29 is 31.6 Å². The molecule has 0 bridgehead atoms. The molecule has 1 unspecified atom stereocenters. The number of carbonyl (C=O) groups excluding carboxylic acids is 1. The van der Waals surface area contributed by atoms with E-state index in [0.717, 1.165) is 18.5 Å². The number of amides is 1. The van der Waals surface area contributed by atoms with Crippen LogP contribution >= 0.6 is 0 Å². The highest BCUT2D eigenvalue weighted by Crippen LogP contribution is 2.29.